The van der Waals surface area contributed by atoms with Crippen molar-refractivity contribution < 1.29 is 9.90 Å². The van der Waals surface area contributed by atoms with Crippen molar-refractivity contribution in [3.05, 3.63) is 63.2 Å². The van der Waals surface area contributed by atoms with Crippen molar-refractivity contribution in [3.63, 3.8) is 0 Å². The Morgan fingerprint density at radius 1 is 1.19 bits per heavy atom. The normalized spacial score (nSPS) is 17.4. The molecule has 3 nitrogen and oxygen atoms in total. The molecule has 1 aliphatic rings. The van der Waals surface area contributed by atoms with Crippen molar-refractivity contribution in [3.8, 4) is 0 Å². The molecule has 0 radical (unpaired) electrons. The Labute approximate surface area is 137 Å². The minimum atomic E-state index is -0.726. The summed E-state index contributed by atoms with van der Waals surface area (Å²) in [6.07, 6.45) is 0.663. The molecular formula is C17H16INO2. The van der Waals surface area contributed by atoms with E-state index in [1.165, 1.54) is 9.13 Å². The summed E-state index contributed by atoms with van der Waals surface area (Å²) in [5, 5.41) is 9.37. The molecule has 1 N–H and O–H groups in total. The highest BCUT2D eigenvalue weighted by molar-refractivity contribution is 14.1. The van der Waals surface area contributed by atoms with Gasteiger partial charge in [-0.3, -0.25) is 4.79 Å². The van der Waals surface area contributed by atoms with Gasteiger partial charge in [0.05, 0.1) is 5.92 Å². The summed E-state index contributed by atoms with van der Waals surface area (Å²) >= 11 is 2.30. The molecule has 108 valence electrons. The minimum absolute atomic E-state index is 0.380. The number of anilines is 1. The number of carboxylic acids is 1. The van der Waals surface area contributed by atoms with E-state index in [9.17, 15) is 9.90 Å². The third-order valence-corrected chi connectivity index (χ3v) is 4.64. The molecule has 0 bridgehead atoms. The van der Waals surface area contributed by atoms with Crippen LogP contribution in [0.5, 0.6) is 0 Å². The number of carbonyl (C=O) groups is 1. The average molecular weight is 393 g/mol. The number of fused-ring (bicyclic) bond motifs is 1. The van der Waals surface area contributed by atoms with E-state index in [1.807, 2.05) is 24.3 Å². The van der Waals surface area contributed by atoms with Crippen LogP contribution in [0.2, 0.25) is 0 Å². The quantitative estimate of drug-likeness (QED) is 0.806. The van der Waals surface area contributed by atoms with Gasteiger partial charge in [0.2, 0.25) is 0 Å². The van der Waals surface area contributed by atoms with Crippen LogP contribution in [0.4, 0.5) is 5.69 Å². The first-order valence-corrected chi connectivity index (χ1v) is 8.04. The van der Waals surface area contributed by atoms with E-state index in [1.54, 1.807) is 0 Å². The Morgan fingerprint density at radius 2 is 1.90 bits per heavy atom. The van der Waals surface area contributed by atoms with Crippen LogP contribution in [-0.4, -0.2) is 17.6 Å². The maximum Gasteiger partial charge on any atom is 0.311 e. The standard InChI is InChI=1S/C17H16INO2/c18-13-7-5-12(6-8-13)11-19-10-9-15(17(20)21)14-3-1-2-4-16(14)19/h1-8,15H,9-11H2,(H,20,21). The van der Waals surface area contributed by atoms with Gasteiger partial charge in [0.25, 0.3) is 0 Å². The zero-order chi connectivity index (χ0) is 14.8. The summed E-state index contributed by atoms with van der Waals surface area (Å²) in [4.78, 5) is 13.7. The third kappa shape index (κ3) is 3.05. The molecule has 1 heterocycles. The van der Waals surface area contributed by atoms with Crippen molar-refractivity contribution in [1.29, 1.82) is 0 Å². The molecule has 1 unspecified atom stereocenters. The highest BCUT2D eigenvalue weighted by Gasteiger charge is 2.29. The molecule has 4 heteroatoms. The molecule has 0 saturated heterocycles. The third-order valence-electron chi connectivity index (χ3n) is 3.93. The zero-order valence-corrected chi connectivity index (χ0v) is 13.7. The van der Waals surface area contributed by atoms with Crippen molar-refractivity contribution >= 4 is 34.2 Å². The Balaban J connectivity index is 1.89. The van der Waals surface area contributed by atoms with Crippen LogP contribution in [0.3, 0.4) is 0 Å². The maximum atomic E-state index is 11.4. The van der Waals surface area contributed by atoms with Crippen molar-refractivity contribution in [1.82, 2.24) is 0 Å². The number of nitrogens with zero attached hydrogens (tertiary/aromatic N) is 1. The van der Waals surface area contributed by atoms with Crippen LogP contribution in [0.25, 0.3) is 0 Å². The van der Waals surface area contributed by atoms with Gasteiger partial charge in [-0.1, -0.05) is 30.3 Å². The van der Waals surface area contributed by atoms with Crippen molar-refractivity contribution in [2.75, 3.05) is 11.4 Å². The largest absolute Gasteiger partial charge is 0.481 e. The highest BCUT2D eigenvalue weighted by atomic mass is 127. The molecule has 21 heavy (non-hydrogen) atoms. The molecule has 2 aromatic rings. The second-order valence-electron chi connectivity index (χ2n) is 5.29. The molecule has 0 fully saturated rings. The molecule has 0 amide bonds. The number of para-hydroxylation sites is 1. The summed E-state index contributed by atoms with van der Waals surface area (Å²) in [5.41, 5.74) is 3.23. The van der Waals surface area contributed by atoms with Gasteiger partial charge >= 0.3 is 5.97 Å². The van der Waals surface area contributed by atoms with Crippen LogP contribution in [0, 0.1) is 3.57 Å². The van der Waals surface area contributed by atoms with Crippen LogP contribution in [-0.2, 0) is 11.3 Å². The first-order chi connectivity index (χ1) is 10.1. The summed E-state index contributed by atoms with van der Waals surface area (Å²) in [6, 6.07) is 16.3. The van der Waals surface area contributed by atoms with E-state index in [0.29, 0.717) is 6.42 Å². The molecule has 2 aromatic carbocycles. The number of hydrogen-bond donors (Lipinski definition) is 1. The number of hydrogen-bond acceptors (Lipinski definition) is 2. The van der Waals surface area contributed by atoms with Gasteiger partial charge in [-0.2, -0.15) is 0 Å². The van der Waals surface area contributed by atoms with Gasteiger partial charge in [-0.15, -0.1) is 0 Å². The lowest BCUT2D eigenvalue weighted by Gasteiger charge is -2.34. The van der Waals surface area contributed by atoms with Gasteiger partial charge in [-0.05, 0) is 58.3 Å². The van der Waals surface area contributed by atoms with Gasteiger partial charge in [0, 0.05) is 22.3 Å². The Bertz CT molecular complexity index is 654. The molecule has 0 spiro atoms. The SMILES string of the molecule is O=C(O)C1CCN(Cc2ccc(I)cc2)c2ccccc21. The zero-order valence-electron chi connectivity index (χ0n) is 11.5. The summed E-state index contributed by atoms with van der Waals surface area (Å²) in [5.74, 6) is -1.11. The second kappa shape index (κ2) is 6.05. The van der Waals surface area contributed by atoms with E-state index >= 15 is 0 Å². The number of rotatable bonds is 3. The highest BCUT2D eigenvalue weighted by Crippen LogP contribution is 2.36. The van der Waals surface area contributed by atoms with E-state index in [2.05, 4.69) is 51.8 Å². The molecule has 0 aliphatic carbocycles. The lowest BCUT2D eigenvalue weighted by Crippen LogP contribution is -2.33. The topological polar surface area (TPSA) is 40.5 Å². The Morgan fingerprint density at radius 3 is 2.62 bits per heavy atom. The molecule has 0 aromatic heterocycles. The fraction of sp³-hybridized carbons (Fsp3) is 0.235. The average Bonchev–Trinajstić information content (AvgIpc) is 2.49. The monoisotopic (exact) mass is 393 g/mol. The lowest BCUT2D eigenvalue weighted by molar-refractivity contribution is -0.139. The molecule has 1 aliphatic heterocycles. The molecule has 1 atom stereocenters. The fourth-order valence-corrected chi connectivity index (χ4v) is 3.22. The van der Waals surface area contributed by atoms with Crippen LogP contribution >= 0.6 is 22.6 Å². The Kier molecular flexibility index (Phi) is 4.14. The smallest absolute Gasteiger partial charge is 0.311 e. The van der Waals surface area contributed by atoms with E-state index in [4.69, 9.17) is 0 Å². The number of halogens is 1. The minimum Gasteiger partial charge on any atom is -0.481 e. The Hall–Kier alpha value is -1.56. The number of benzene rings is 2. The molecular weight excluding hydrogens is 377 g/mol. The van der Waals surface area contributed by atoms with E-state index < -0.39 is 5.97 Å². The van der Waals surface area contributed by atoms with Gasteiger partial charge in [-0.25, -0.2) is 0 Å². The van der Waals surface area contributed by atoms with Crippen LogP contribution < -0.4 is 4.90 Å². The first-order valence-electron chi connectivity index (χ1n) is 6.96. The van der Waals surface area contributed by atoms with Gasteiger partial charge < -0.3 is 10.0 Å². The van der Waals surface area contributed by atoms with E-state index in [-0.39, 0.29) is 5.92 Å². The van der Waals surface area contributed by atoms with Crippen molar-refractivity contribution in [2.45, 2.75) is 18.9 Å². The predicted octanol–water partition coefficient (Wildman–Crippen LogP) is 3.87. The molecule has 0 saturated carbocycles. The first kappa shape index (κ1) is 14.4. The summed E-state index contributed by atoms with van der Waals surface area (Å²) in [6.45, 7) is 1.60. The van der Waals surface area contributed by atoms with Crippen LogP contribution in [0.1, 0.15) is 23.5 Å². The second-order valence-corrected chi connectivity index (χ2v) is 6.53. The van der Waals surface area contributed by atoms with Gasteiger partial charge in [0.15, 0.2) is 0 Å². The summed E-state index contributed by atoms with van der Waals surface area (Å²) in [7, 11) is 0. The van der Waals surface area contributed by atoms with Gasteiger partial charge in [0.1, 0.15) is 0 Å². The van der Waals surface area contributed by atoms with Crippen LogP contribution in [0.15, 0.2) is 48.5 Å². The predicted molar refractivity (Wildman–Crippen MR) is 91.6 cm³/mol. The maximum absolute atomic E-state index is 11.4. The number of carboxylic acid groups (broad SMARTS) is 1. The number of aliphatic carboxylic acids is 1. The fourth-order valence-electron chi connectivity index (χ4n) is 2.86. The molecule has 3 rings (SSSR count). The lowest BCUT2D eigenvalue weighted by atomic mass is 9.90. The summed E-state index contributed by atoms with van der Waals surface area (Å²) < 4.78 is 1.22. The van der Waals surface area contributed by atoms with E-state index in [0.717, 1.165) is 24.3 Å². The van der Waals surface area contributed by atoms with Crippen molar-refractivity contribution in [2.24, 2.45) is 0 Å².